The first kappa shape index (κ1) is 25.4. The number of nitrogens with one attached hydrogen (secondary N) is 1. The van der Waals surface area contributed by atoms with Crippen LogP contribution in [0.1, 0.15) is 37.6 Å². The van der Waals surface area contributed by atoms with Crippen molar-refractivity contribution in [2.24, 2.45) is 5.92 Å². The second-order valence-corrected chi connectivity index (χ2v) is 8.79. The Bertz CT molecular complexity index is 1020. The highest BCUT2D eigenvalue weighted by Crippen LogP contribution is 2.31. The van der Waals surface area contributed by atoms with Crippen molar-refractivity contribution in [3.8, 4) is 17.0 Å². The fourth-order valence-corrected chi connectivity index (χ4v) is 3.88. The molecule has 0 bridgehead atoms. The van der Waals surface area contributed by atoms with Crippen molar-refractivity contribution in [3.63, 3.8) is 0 Å². The number of aliphatic hydroxyl groups excluding tert-OH is 1. The Kier molecular flexibility index (Phi) is 8.44. The Hall–Kier alpha value is -3.20. The zero-order valence-electron chi connectivity index (χ0n) is 20.1. The minimum absolute atomic E-state index is 0.124. The minimum atomic E-state index is -0.454. The first-order chi connectivity index (χ1) is 16.3. The van der Waals surface area contributed by atoms with Crippen molar-refractivity contribution < 1.29 is 23.8 Å². The van der Waals surface area contributed by atoms with Crippen LogP contribution in [-0.2, 0) is 0 Å². The van der Waals surface area contributed by atoms with Gasteiger partial charge in [-0.1, -0.05) is 32.0 Å². The number of benzene rings is 1. The van der Waals surface area contributed by atoms with Gasteiger partial charge in [-0.2, -0.15) is 0 Å². The number of aliphatic hydroxyl groups is 1. The Morgan fingerprint density at radius 2 is 2.12 bits per heavy atom. The van der Waals surface area contributed by atoms with E-state index < -0.39 is 18.0 Å². The van der Waals surface area contributed by atoms with E-state index in [9.17, 15) is 19.1 Å². The summed E-state index contributed by atoms with van der Waals surface area (Å²) >= 11 is 0. The van der Waals surface area contributed by atoms with Gasteiger partial charge in [0, 0.05) is 43.4 Å². The lowest BCUT2D eigenvalue weighted by Gasteiger charge is -2.37. The number of hydrogen-bond donors (Lipinski definition) is 2. The molecular weight excluding hydrogens is 439 g/mol. The Morgan fingerprint density at radius 3 is 2.79 bits per heavy atom. The third-order valence-corrected chi connectivity index (χ3v) is 6.03. The molecule has 0 saturated carbocycles. The summed E-state index contributed by atoms with van der Waals surface area (Å²) in [5.74, 6) is -0.795. The molecule has 1 aromatic carbocycles. The first-order valence-corrected chi connectivity index (χ1v) is 11.6. The van der Waals surface area contributed by atoms with Crippen LogP contribution in [0.15, 0.2) is 36.5 Å². The molecule has 1 aliphatic heterocycles. The van der Waals surface area contributed by atoms with E-state index in [2.05, 4.69) is 10.3 Å². The van der Waals surface area contributed by atoms with E-state index in [0.29, 0.717) is 24.2 Å². The van der Waals surface area contributed by atoms with Gasteiger partial charge in [-0.25, -0.2) is 14.2 Å². The molecule has 3 atom stereocenters. The van der Waals surface area contributed by atoms with Gasteiger partial charge < -0.3 is 25.0 Å². The van der Waals surface area contributed by atoms with Gasteiger partial charge in [0.05, 0.1) is 19.2 Å². The van der Waals surface area contributed by atoms with Crippen molar-refractivity contribution in [1.82, 2.24) is 20.1 Å². The molecule has 0 fully saturated rings. The average Bonchev–Trinajstić information content (AvgIpc) is 2.84. The number of fused-ring (bicyclic) bond motifs is 1. The lowest BCUT2D eigenvalue weighted by Crippen LogP contribution is -2.51. The van der Waals surface area contributed by atoms with Crippen LogP contribution in [0.2, 0.25) is 0 Å². The van der Waals surface area contributed by atoms with Gasteiger partial charge >= 0.3 is 6.03 Å². The molecule has 184 valence electrons. The Morgan fingerprint density at radius 1 is 1.38 bits per heavy atom. The third kappa shape index (κ3) is 5.64. The van der Waals surface area contributed by atoms with E-state index in [1.165, 1.54) is 12.3 Å². The molecule has 8 nitrogen and oxygen atoms in total. The lowest BCUT2D eigenvalue weighted by atomic mass is 9.99. The van der Waals surface area contributed by atoms with Crippen LogP contribution in [0, 0.1) is 11.7 Å². The summed E-state index contributed by atoms with van der Waals surface area (Å²) in [5.41, 5.74) is 0.967. The summed E-state index contributed by atoms with van der Waals surface area (Å²) in [6.07, 6.45) is 1.85. The summed E-state index contributed by atoms with van der Waals surface area (Å²) in [6.45, 7) is 6.64. The monoisotopic (exact) mass is 472 g/mol. The Labute approximate surface area is 199 Å². The lowest BCUT2D eigenvalue weighted by molar-refractivity contribution is 0.0352. The highest BCUT2D eigenvalue weighted by Gasteiger charge is 2.34. The van der Waals surface area contributed by atoms with Crippen molar-refractivity contribution in [3.05, 3.63) is 47.9 Å². The fourth-order valence-electron chi connectivity index (χ4n) is 3.88. The zero-order chi connectivity index (χ0) is 24.8. The van der Waals surface area contributed by atoms with E-state index in [1.54, 1.807) is 48.0 Å². The topological polar surface area (TPSA) is 95.0 Å². The van der Waals surface area contributed by atoms with Gasteiger partial charge in [-0.05, 0) is 25.5 Å². The number of carbonyl (C=O) groups excluding carboxylic acids is 2. The van der Waals surface area contributed by atoms with Crippen LogP contribution in [-0.4, -0.2) is 77.3 Å². The number of ether oxygens (including phenoxy) is 1. The molecule has 0 unspecified atom stereocenters. The molecule has 9 heteroatoms. The molecule has 2 heterocycles. The predicted octanol–water partition coefficient (Wildman–Crippen LogP) is 3.16. The summed E-state index contributed by atoms with van der Waals surface area (Å²) in [7, 11) is 1.69. The SMILES string of the molecule is CCCNC(=O)N(C)C[C@@H]1Oc2ncc(-c3ccccc3F)cc2C(=O)N([C@@H](C)CO)C[C@@H]1C. The number of amides is 3. The molecule has 0 aliphatic carbocycles. The van der Waals surface area contributed by atoms with Crippen molar-refractivity contribution in [2.45, 2.75) is 39.3 Å². The van der Waals surface area contributed by atoms with Crippen molar-refractivity contribution >= 4 is 11.9 Å². The van der Waals surface area contributed by atoms with Crippen molar-refractivity contribution in [1.29, 1.82) is 0 Å². The maximum absolute atomic E-state index is 14.4. The van der Waals surface area contributed by atoms with E-state index in [4.69, 9.17) is 4.74 Å². The van der Waals surface area contributed by atoms with Gasteiger partial charge in [-0.15, -0.1) is 0 Å². The number of likely N-dealkylation sites (N-methyl/N-ethyl adjacent to an activating group) is 1. The number of rotatable bonds is 7. The fraction of sp³-hybridized carbons (Fsp3) is 0.480. The summed E-state index contributed by atoms with van der Waals surface area (Å²) in [5, 5.41) is 12.6. The summed E-state index contributed by atoms with van der Waals surface area (Å²) in [6, 6.07) is 7.20. The highest BCUT2D eigenvalue weighted by molar-refractivity contribution is 5.98. The average molecular weight is 473 g/mol. The normalized spacial score (nSPS) is 18.9. The van der Waals surface area contributed by atoms with E-state index >= 15 is 0 Å². The van der Waals surface area contributed by atoms with Crippen LogP contribution in [0.3, 0.4) is 0 Å². The molecule has 3 rings (SSSR count). The quantitative estimate of drug-likeness (QED) is 0.646. The second kappa shape index (κ2) is 11.3. The number of pyridine rings is 1. The largest absolute Gasteiger partial charge is 0.472 e. The van der Waals surface area contributed by atoms with Gasteiger partial charge in [0.25, 0.3) is 5.91 Å². The van der Waals surface area contributed by atoms with Crippen LogP contribution in [0.5, 0.6) is 5.88 Å². The standard InChI is InChI=1S/C25H33FN4O4/c1-5-10-27-25(33)29(4)14-22-16(2)13-30(17(3)15-31)24(32)20-11-18(12-28-23(20)34-22)19-8-6-7-9-21(19)26/h6-9,11-12,16-17,22,31H,5,10,13-15H2,1-4H3,(H,27,33)/t16-,17-,22-/m0/s1. The molecule has 2 aromatic rings. The van der Waals surface area contributed by atoms with Crippen LogP contribution in [0.25, 0.3) is 11.1 Å². The zero-order valence-corrected chi connectivity index (χ0v) is 20.1. The van der Waals surface area contributed by atoms with E-state index in [0.717, 1.165) is 6.42 Å². The molecule has 3 amide bonds. The van der Waals surface area contributed by atoms with Gasteiger partial charge in [0.2, 0.25) is 5.88 Å². The molecule has 34 heavy (non-hydrogen) atoms. The highest BCUT2D eigenvalue weighted by atomic mass is 19.1. The molecule has 1 aromatic heterocycles. The number of halogens is 1. The Balaban J connectivity index is 1.99. The van der Waals surface area contributed by atoms with Crippen LogP contribution < -0.4 is 10.1 Å². The minimum Gasteiger partial charge on any atom is -0.472 e. The predicted molar refractivity (Wildman–Crippen MR) is 127 cm³/mol. The van der Waals surface area contributed by atoms with Gasteiger partial charge in [0.15, 0.2) is 0 Å². The van der Waals surface area contributed by atoms with Crippen LogP contribution in [0.4, 0.5) is 9.18 Å². The molecule has 0 radical (unpaired) electrons. The van der Waals surface area contributed by atoms with Gasteiger partial charge in [0.1, 0.15) is 17.5 Å². The molecule has 1 aliphatic rings. The summed E-state index contributed by atoms with van der Waals surface area (Å²) < 4.78 is 20.6. The van der Waals surface area contributed by atoms with Crippen molar-refractivity contribution in [2.75, 3.05) is 33.3 Å². The van der Waals surface area contributed by atoms with E-state index in [-0.39, 0.29) is 42.5 Å². The molecule has 0 spiro atoms. The molecule has 2 N–H and O–H groups in total. The van der Waals surface area contributed by atoms with E-state index in [1.807, 2.05) is 13.8 Å². The maximum Gasteiger partial charge on any atom is 0.317 e. The number of hydrogen-bond acceptors (Lipinski definition) is 5. The van der Waals surface area contributed by atoms with Gasteiger partial charge in [-0.3, -0.25) is 4.79 Å². The second-order valence-electron chi connectivity index (χ2n) is 8.79. The smallest absolute Gasteiger partial charge is 0.317 e. The molecule has 0 saturated heterocycles. The number of carbonyl (C=O) groups is 2. The number of nitrogens with zero attached hydrogens (tertiary/aromatic N) is 3. The third-order valence-electron chi connectivity index (χ3n) is 6.03. The number of urea groups is 1. The molecular formula is C25H33FN4O4. The first-order valence-electron chi connectivity index (χ1n) is 11.6. The number of aromatic nitrogens is 1. The maximum atomic E-state index is 14.4. The summed E-state index contributed by atoms with van der Waals surface area (Å²) in [4.78, 5) is 33.4. The van der Waals surface area contributed by atoms with Crippen LogP contribution >= 0.6 is 0 Å².